The number of amides is 1. The number of carbonyl (C=O) groups excluding carboxylic acids is 1. The number of nitrogens with zero attached hydrogens (tertiary/aromatic N) is 1. The first-order valence-electron chi connectivity index (χ1n) is 6.24. The van der Waals surface area contributed by atoms with Crippen LogP contribution in [0.4, 0.5) is 9.57 Å². The van der Waals surface area contributed by atoms with Crippen molar-refractivity contribution < 1.29 is 27.0 Å². The van der Waals surface area contributed by atoms with Gasteiger partial charge < -0.3 is 10.0 Å². The second kappa shape index (κ2) is 5.44. The molecule has 0 saturated carbocycles. The van der Waals surface area contributed by atoms with Crippen molar-refractivity contribution >= 4 is 27.8 Å². The number of aromatic carboxylic acids is 1. The highest BCUT2D eigenvalue weighted by molar-refractivity contribution is 7.86. The number of hydrogen-bond acceptors (Lipinski definition) is 4. The molecule has 0 spiro atoms. The Kier molecular flexibility index (Phi) is 3.99. The fraction of sp³-hybridized carbons (Fsp3) is 0.385. The van der Waals surface area contributed by atoms with Crippen molar-refractivity contribution in [1.82, 2.24) is 0 Å². The molecule has 1 saturated heterocycles. The molecule has 114 valence electrons. The van der Waals surface area contributed by atoms with E-state index in [0.29, 0.717) is 5.56 Å². The highest BCUT2D eigenvalue weighted by atomic mass is 32.3. The van der Waals surface area contributed by atoms with Crippen molar-refractivity contribution in [3.05, 3.63) is 29.3 Å². The summed E-state index contributed by atoms with van der Waals surface area (Å²) < 4.78 is 34.1. The van der Waals surface area contributed by atoms with Gasteiger partial charge in [-0.25, -0.2) is 4.79 Å². The van der Waals surface area contributed by atoms with Crippen LogP contribution >= 0.6 is 0 Å². The van der Waals surface area contributed by atoms with Crippen LogP contribution in [0.3, 0.4) is 0 Å². The van der Waals surface area contributed by atoms with Gasteiger partial charge in [0, 0.05) is 18.9 Å². The van der Waals surface area contributed by atoms with Crippen LogP contribution in [0.25, 0.3) is 0 Å². The summed E-state index contributed by atoms with van der Waals surface area (Å²) >= 11 is 0. The Hall–Kier alpha value is -1.96. The molecule has 1 aliphatic heterocycles. The zero-order valence-electron chi connectivity index (χ0n) is 11.2. The molecule has 1 aromatic rings. The van der Waals surface area contributed by atoms with Gasteiger partial charge in [-0.15, -0.1) is 3.89 Å². The molecule has 8 heteroatoms. The van der Waals surface area contributed by atoms with Gasteiger partial charge in [0.1, 0.15) is 0 Å². The minimum absolute atomic E-state index is 0.00683. The number of anilines is 1. The minimum atomic E-state index is -4.67. The Morgan fingerprint density at radius 2 is 2.14 bits per heavy atom. The lowest BCUT2D eigenvalue weighted by atomic mass is 10.1. The van der Waals surface area contributed by atoms with Gasteiger partial charge in [0.25, 0.3) is 0 Å². The SMILES string of the molecule is Cc1cccc(C(=O)O)c1N1CC(CS(=O)(=O)F)CC1=O. The second-order valence-electron chi connectivity index (χ2n) is 5.06. The Balaban J connectivity index is 2.36. The quantitative estimate of drug-likeness (QED) is 0.847. The molecule has 1 unspecified atom stereocenters. The molecule has 0 aliphatic carbocycles. The Bertz CT molecular complexity index is 701. The van der Waals surface area contributed by atoms with E-state index in [9.17, 15) is 27.0 Å². The first-order valence-corrected chi connectivity index (χ1v) is 7.80. The van der Waals surface area contributed by atoms with Crippen LogP contribution < -0.4 is 4.90 Å². The molecule has 6 nitrogen and oxygen atoms in total. The monoisotopic (exact) mass is 315 g/mol. The Morgan fingerprint density at radius 1 is 1.48 bits per heavy atom. The lowest BCUT2D eigenvalue weighted by molar-refractivity contribution is -0.117. The first-order chi connectivity index (χ1) is 9.69. The van der Waals surface area contributed by atoms with Gasteiger partial charge in [-0.3, -0.25) is 4.79 Å². The van der Waals surface area contributed by atoms with E-state index in [1.54, 1.807) is 19.1 Å². The fourth-order valence-electron chi connectivity index (χ4n) is 2.58. The van der Waals surface area contributed by atoms with Crippen molar-refractivity contribution in [1.29, 1.82) is 0 Å². The van der Waals surface area contributed by atoms with E-state index in [-0.39, 0.29) is 24.2 Å². The molecule has 0 bridgehead atoms. The van der Waals surface area contributed by atoms with Gasteiger partial charge in [0.2, 0.25) is 5.91 Å². The smallest absolute Gasteiger partial charge is 0.337 e. The largest absolute Gasteiger partial charge is 0.478 e. The fourth-order valence-corrected chi connectivity index (χ4v) is 3.37. The molecule has 1 amide bonds. The Labute approximate surface area is 121 Å². The van der Waals surface area contributed by atoms with Gasteiger partial charge in [0.15, 0.2) is 0 Å². The maximum Gasteiger partial charge on any atom is 0.337 e. The summed E-state index contributed by atoms with van der Waals surface area (Å²) in [5.74, 6) is -2.99. The zero-order chi connectivity index (χ0) is 15.8. The van der Waals surface area contributed by atoms with Gasteiger partial charge in [-0.2, -0.15) is 8.42 Å². The molecule has 1 aromatic carbocycles. The van der Waals surface area contributed by atoms with Crippen molar-refractivity contribution in [2.45, 2.75) is 13.3 Å². The maximum absolute atomic E-state index is 12.7. The number of aryl methyl sites for hydroxylation is 1. The highest BCUT2D eigenvalue weighted by Gasteiger charge is 2.35. The number of hydrogen-bond donors (Lipinski definition) is 1. The predicted octanol–water partition coefficient (Wildman–Crippen LogP) is 1.35. The minimum Gasteiger partial charge on any atom is -0.478 e. The van der Waals surface area contributed by atoms with Crippen LogP contribution in [0.15, 0.2) is 18.2 Å². The molecule has 2 rings (SSSR count). The van der Waals surface area contributed by atoms with Crippen LogP contribution in [0.1, 0.15) is 22.3 Å². The van der Waals surface area contributed by atoms with E-state index in [0.717, 1.165) is 0 Å². The van der Waals surface area contributed by atoms with Crippen LogP contribution in [-0.4, -0.2) is 37.7 Å². The number of carboxylic acid groups (broad SMARTS) is 1. The summed E-state index contributed by atoms with van der Waals surface area (Å²) in [6, 6.07) is 4.60. The van der Waals surface area contributed by atoms with Crippen LogP contribution in [-0.2, 0) is 15.0 Å². The van der Waals surface area contributed by atoms with Gasteiger partial charge >= 0.3 is 16.2 Å². The normalized spacial score (nSPS) is 19.0. The van der Waals surface area contributed by atoms with Crippen molar-refractivity contribution in [2.24, 2.45) is 5.92 Å². The molecule has 1 aliphatic rings. The molecule has 1 heterocycles. The van der Waals surface area contributed by atoms with Crippen molar-refractivity contribution in [3.8, 4) is 0 Å². The summed E-state index contributed by atoms with van der Waals surface area (Å²) in [5, 5.41) is 9.20. The standard InChI is InChI=1S/C13H14FNO5S/c1-8-3-2-4-10(13(17)18)12(8)15-6-9(5-11(15)16)7-21(14,19)20/h2-4,9H,5-7H2,1H3,(H,17,18). The summed E-state index contributed by atoms with van der Waals surface area (Å²) in [7, 11) is -4.67. The lowest BCUT2D eigenvalue weighted by Crippen LogP contribution is -2.28. The summed E-state index contributed by atoms with van der Waals surface area (Å²) in [6.07, 6.45) is -0.115. The second-order valence-corrected chi connectivity index (χ2v) is 6.47. The molecule has 21 heavy (non-hydrogen) atoms. The first kappa shape index (κ1) is 15.4. The number of halogens is 1. The van der Waals surface area contributed by atoms with Gasteiger partial charge in [-0.1, -0.05) is 12.1 Å². The van der Waals surface area contributed by atoms with Crippen LogP contribution in [0.2, 0.25) is 0 Å². The third kappa shape index (κ3) is 3.38. The third-order valence-electron chi connectivity index (χ3n) is 3.38. The maximum atomic E-state index is 12.7. The Morgan fingerprint density at radius 3 is 2.71 bits per heavy atom. The van der Waals surface area contributed by atoms with E-state index in [4.69, 9.17) is 0 Å². The van der Waals surface area contributed by atoms with Crippen molar-refractivity contribution in [3.63, 3.8) is 0 Å². The molecule has 0 aromatic heterocycles. The molecular weight excluding hydrogens is 301 g/mol. The van der Waals surface area contributed by atoms with E-state index in [1.807, 2.05) is 0 Å². The third-order valence-corrected chi connectivity index (χ3v) is 4.25. The lowest BCUT2D eigenvalue weighted by Gasteiger charge is -2.21. The van der Waals surface area contributed by atoms with E-state index >= 15 is 0 Å². The molecule has 1 atom stereocenters. The number of para-hydroxylation sites is 1. The summed E-state index contributed by atoms with van der Waals surface area (Å²) in [5.41, 5.74) is 0.799. The number of carboxylic acids is 1. The molecular formula is C13H14FNO5S. The topological polar surface area (TPSA) is 91.8 Å². The average molecular weight is 315 g/mol. The molecule has 0 radical (unpaired) electrons. The van der Waals surface area contributed by atoms with E-state index in [1.165, 1.54) is 11.0 Å². The van der Waals surface area contributed by atoms with Crippen molar-refractivity contribution in [2.75, 3.05) is 17.2 Å². The number of carbonyl (C=O) groups is 2. The van der Waals surface area contributed by atoms with Gasteiger partial charge in [0.05, 0.1) is 17.0 Å². The number of rotatable bonds is 4. The number of benzene rings is 1. The highest BCUT2D eigenvalue weighted by Crippen LogP contribution is 2.31. The van der Waals surface area contributed by atoms with E-state index < -0.39 is 33.8 Å². The predicted molar refractivity (Wildman–Crippen MR) is 73.5 cm³/mol. The zero-order valence-corrected chi connectivity index (χ0v) is 12.1. The average Bonchev–Trinajstić information content (AvgIpc) is 2.66. The molecule has 1 fully saturated rings. The van der Waals surface area contributed by atoms with Crippen LogP contribution in [0, 0.1) is 12.8 Å². The van der Waals surface area contributed by atoms with Gasteiger partial charge in [-0.05, 0) is 18.6 Å². The molecule has 1 N–H and O–H groups in total. The van der Waals surface area contributed by atoms with E-state index in [2.05, 4.69) is 0 Å². The van der Waals surface area contributed by atoms with Crippen LogP contribution in [0.5, 0.6) is 0 Å². The summed E-state index contributed by atoms with van der Waals surface area (Å²) in [4.78, 5) is 24.5. The summed E-state index contributed by atoms with van der Waals surface area (Å²) in [6.45, 7) is 1.65.